The van der Waals surface area contributed by atoms with Crippen LogP contribution in [0.25, 0.3) is 0 Å². The number of benzene rings is 1. The molecule has 0 amide bonds. The summed E-state index contributed by atoms with van der Waals surface area (Å²) in [5.74, 6) is 1.39. The summed E-state index contributed by atoms with van der Waals surface area (Å²) in [5, 5.41) is -0.239. The van der Waals surface area contributed by atoms with Crippen LogP contribution in [0.5, 0.6) is 5.75 Å². The number of hydrogen-bond acceptors (Lipinski definition) is 3. The smallest absolute Gasteiger partial charge is 0.372 e. The highest BCUT2D eigenvalue weighted by molar-refractivity contribution is 8.13. The Labute approximate surface area is 82.3 Å². The number of carbonyl (C=O) groups is 1. The largest absolute Gasteiger partial charge is 0.418 e. The standard InChI is InChI=1S/C10H12O2S/c1-3-13-10(11)12-9-7-5-4-6-8(9)2/h4-7H,3H2,1-2H3. The van der Waals surface area contributed by atoms with Crippen molar-refractivity contribution in [1.82, 2.24) is 0 Å². The molecule has 70 valence electrons. The average molecular weight is 196 g/mol. The highest BCUT2D eigenvalue weighted by atomic mass is 32.2. The maximum Gasteiger partial charge on any atom is 0.372 e. The maximum absolute atomic E-state index is 11.1. The molecule has 0 atom stereocenters. The fourth-order valence-corrected chi connectivity index (χ4v) is 1.29. The van der Waals surface area contributed by atoms with Crippen molar-refractivity contribution in [3.63, 3.8) is 0 Å². The number of ether oxygens (including phenoxy) is 1. The minimum Gasteiger partial charge on any atom is -0.418 e. The van der Waals surface area contributed by atoms with Crippen LogP contribution < -0.4 is 4.74 Å². The minimum atomic E-state index is -0.239. The van der Waals surface area contributed by atoms with Crippen molar-refractivity contribution >= 4 is 17.1 Å². The number of aryl methyl sites for hydroxylation is 1. The lowest BCUT2D eigenvalue weighted by Crippen LogP contribution is -2.01. The summed E-state index contributed by atoms with van der Waals surface area (Å²) < 4.78 is 5.11. The minimum absolute atomic E-state index is 0.239. The van der Waals surface area contributed by atoms with Gasteiger partial charge in [0.15, 0.2) is 0 Å². The van der Waals surface area contributed by atoms with Gasteiger partial charge in [0.05, 0.1) is 0 Å². The molecule has 1 aromatic carbocycles. The number of para-hydroxylation sites is 1. The first-order chi connectivity index (χ1) is 6.24. The lowest BCUT2D eigenvalue weighted by atomic mass is 10.2. The molecular formula is C10H12O2S. The molecule has 2 nitrogen and oxygen atoms in total. The van der Waals surface area contributed by atoms with E-state index in [1.54, 1.807) is 6.07 Å². The summed E-state index contributed by atoms with van der Waals surface area (Å²) in [7, 11) is 0. The van der Waals surface area contributed by atoms with Gasteiger partial charge in [-0.15, -0.1) is 0 Å². The maximum atomic E-state index is 11.1. The van der Waals surface area contributed by atoms with Crippen molar-refractivity contribution in [2.45, 2.75) is 13.8 Å². The van der Waals surface area contributed by atoms with Gasteiger partial charge >= 0.3 is 5.30 Å². The summed E-state index contributed by atoms with van der Waals surface area (Å²) in [4.78, 5) is 11.1. The molecule has 1 aromatic rings. The van der Waals surface area contributed by atoms with Crippen LogP contribution in [0, 0.1) is 6.92 Å². The van der Waals surface area contributed by atoms with E-state index in [9.17, 15) is 4.79 Å². The SMILES string of the molecule is CCSC(=O)Oc1ccccc1C. The zero-order valence-electron chi connectivity index (χ0n) is 7.74. The zero-order chi connectivity index (χ0) is 9.68. The molecule has 13 heavy (non-hydrogen) atoms. The van der Waals surface area contributed by atoms with Crippen LogP contribution in [-0.4, -0.2) is 11.1 Å². The molecule has 0 saturated carbocycles. The van der Waals surface area contributed by atoms with Gasteiger partial charge in [0.2, 0.25) is 0 Å². The van der Waals surface area contributed by atoms with Crippen molar-refractivity contribution in [1.29, 1.82) is 0 Å². The topological polar surface area (TPSA) is 26.3 Å². The Hall–Kier alpha value is -0.960. The fourth-order valence-electron chi connectivity index (χ4n) is 0.908. The molecule has 3 heteroatoms. The lowest BCUT2D eigenvalue weighted by Gasteiger charge is -2.04. The monoisotopic (exact) mass is 196 g/mol. The van der Waals surface area contributed by atoms with Crippen LogP contribution in [0.2, 0.25) is 0 Å². The summed E-state index contributed by atoms with van der Waals surface area (Å²) in [6.07, 6.45) is 0. The van der Waals surface area contributed by atoms with E-state index < -0.39 is 0 Å². The van der Waals surface area contributed by atoms with Gasteiger partial charge in [-0.25, -0.2) is 4.79 Å². The van der Waals surface area contributed by atoms with Gasteiger partial charge in [0.25, 0.3) is 0 Å². The van der Waals surface area contributed by atoms with E-state index in [0.717, 1.165) is 11.3 Å². The molecule has 0 unspecified atom stereocenters. The first-order valence-electron chi connectivity index (χ1n) is 4.14. The van der Waals surface area contributed by atoms with E-state index in [-0.39, 0.29) is 5.30 Å². The van der Waals surface area contributed by atoms with Gasteiger partial charge in [-0.3, -0.25) is 0 Å². The van der Waals surface area contributed by atoms with Crippen LogP contribution in [0.3, 0.4) is 0 Å². The molecule has 1 rings (SSSR count). The van der Waals surface area contributed by atoms with Crippen molar-refractivity contribution in [2.24, 2.45) is 0 Å². The van der Waals surface area contributed by atoms with E-state index >= 15 is 0 Å². The summed E-state index contributed by atoms with van der Waals surface area (Å²) in [5.41, 5.74) is 0.979. The van der Waals surface area contributed by atoms with E-state index in [1.807, 2.05) is 32.0 Å². The second-order valence-electron chi connectivity index (χ2n) is 2.55. The number of carbonyl (C=O) groups excluding carboxylic acids is 1. The molecule has 0 spiro atoms. The van der Waals surface area contributed by atoms with Crippen LogP contribution in [0.1, 0.15) is 12.5 Å². The molecule has 0 aliphatic heterocycles. The van der Waals surface area contributed by atoms with E-state index in [4.69, 9.17) is 4.74 Å². The van der Waals surface area contributed by atoms with Gasteiger partial charge in [0.1, 0.15) is 5.75 Å². The van der Waals surface area contributed by atoms with Crippen molar-refractivity contribution < 1.29 is 9.53 Å². The van der Waals surface area contributed by atoms with Gasteiger partial charge < -0.3 is 4.74 Å². The summed E-state index contributed by atoms with van der Waals surface area (Å²) in [6.45, 7) is 3.84. The van der Waals surface area contributed by atoms with Gasteiger partial charge in [0, 0.05) is 5.75 Å². The first kappa shape index (κ1) is 10.1. The summed E-state index contributed by atoms with van der Waals surface area (Å²) >= 11 is 1.17. The van der Waals surface area contributed by atoms with Crippen molar-refractivity contribution in [2.75, 3.05) is 5.75 Å². The number of thioether (sulfide) groups is 1. The summed E-state index contributed by atoms with van der Waals surface area (Å²) in [6, 6.07) is 7.48. The van der Waals surface area contributed by atoms with Crippen molar-refractivity contribution in [3.05, 3.63) is 29.8 Å². The normalized spacial score (nSPS) is 9.69. The van der Waals surface area contributed by atoms with E-state index in [2.05, 4.69) is 0 Å². The molecule has 0 bridgehead atoms. The number of hydrogen-bond donors (Lipinski definition) is 0. The Morgan fingerprint density at radius 3 is 2.77 bits per heavy atom. The Kier molecular flexibility index (Phi) is 3.83. The Morgan fingerprint density at radius 1 is 1.46 bits per heavy atom. The highest BCUT2D eigenvalue weighted by Crippen LogP contribution is 2.18. The molecule has 0 aliphatic rings. The predicted molar refractivity (Wildman–Crippen MR) is 55.3 cm³/mol. The van der Waals surface area contributed by atoms with Crippen LogP contribution in [-0.2, 0) is 0 Å². The molecule has 0 aliphatic carbocycles. The van der Waals surface area contributed by atoms with Gasteiger partial charge in [-0.05, 0) is 30.3 Å². The van der Waals surface area contributed by atoms with Crippen molar-refractivity contribution in [3.8, 4) is 5.75 Å². The average Bonchev–Trinajstić information content (AvgIpc) is 2.09. The number of rotatable bonds is 2. The first-order valence-corrected chi connectivity index (χ1v) is 5.13. The third-order valence-electron chi connectivity index (χ3n) is 1.55. The third kappa shape index (κ3) is 3.11. The van der Waals surface area contributed by atoms with Crippen LogP contribution in [0.4, 0.5) is 4.79 Å². The molecule has 0 saturated heterocycles. The van der Waals surface area contributed by atoms with Gasteiger partial charge in [-0.1, -0.05) is 25.1 Å². The molecule has 0 aromatic heterocycles. The predicted octanol–water partition coefficient (Wildman–Crippen LogP) is 3.25. The van der Waals surface area contributed by atoms with Crippen LogP contribution in [0.15, 0.2) is 24.3 Å². The lowest BCUT2D eigenvalue weighted by molar-refractivity contribution is 0.227. The fraction of sp³-hybridized carbons (Fsp3) is 0.300. The molecule has 0 N–H and O–H groups in total. The van der Waals surface area contributed by atoms with E-state index in [0.29, 0.717) is 5.75 Å². The third-order valence-corrected chi connectivity index (χ3v) is 2.16. The Balaban J connectivity index is 2.63. The molecule has 0 heterocycles. The Morgan fingerprint density at radius 2 is 2.15 bits per heavy atom. The quantitative estimate of drug-likeness (QED) is 0.679. The van der Waals surface area contributed by atoms with E-state index in [1.165, 1.54) is 11.8 Å². The highest BCUT2D eigenvalue weighted by Gasteiger charge is 2.05. The second kappa shape index (κ2) is 4.92. The molecule has 0 radical (unpaired) electrons. The van der Waals surface area contributed by atoms with Crippen LogP contribution >= 0.6 is 11.8 Å². The Bertz CT molecular complexity index is 297. The second-order valence-corrected chi connectivity index (χ2v) is 3.75. The van der Waals surface area contributed by atoms with Gasteiger partial charge in [-0.2, -0.15) is 0 Å². The molecule has 0 fully saturated rings. The molecular weight excluding hydrogens is 184 g/mol. The zero-order valence-corrected chi connectivity index (χ0v) is 8.56.